The molecule has 148 valence electrons. The van der Waals surface area contributed by atoms with Gasteiger partial charge in [-0.1, -0.05) is 18.2 Å². The third-order valence-electron chi connectivity index (χ3n) is 5.29. The number of rotatable bonds is 4. The van der Waals surface area contributed by atoms with E-state index in [4.69, 9.17) is 9.40 Å². The number of aryl methyl sites for hydroxylation is 1. The number of benzene rings is 2. The first kappa shape index (κ1) is 18.1. The highest BCUT2D eigenvalue weighted by atomic mass is 16.3. The summed E-state index contributed by atoms with van der Waals surface area (Å²) in [4.78, 5) is 30.0. The van der Waals surface area contributed by atoms with Crippen molar-refractivity contribution in [3.8, 4) is 0 Å². The number of furan rings is 1. The van der Waals surface area contributed by atoms with Crippen LogP contribution in [0, 0.1) is 0 Å². The third-order valence-corrected chi connectivity index (χ3v) is 5.29. The smallest absolute Gasteiger partial charge is 0.291 e. The minimum atomic E-state index is -0.324. The number of pyridine rings is 1. The summed E-state index contributed by atoms with van der Waals surface area (Å²) in [6, 6.07) is 18.0. The van der Waals surface area contributed by atoms with E-state index in [0.717, 1.165) is 41.4 Å². The van der Waals surface area contributed by atoms with E-state index in [9.17, 15) is 9.59 Å². The number of anilines is 2. The fraction of sp³-hybridized carbons (Fsp3) is 0.125. The van der Waals surface area contributed by atoms with Crippen molar-refractivity contribution in [3.63, 3.8) is 0 Å². The van der Waals surface area contributed by atoms with Crippen molar-refractivity contribution >= 4 is 34.1 Å². The van der Waals surface area contributed by atoms with Crippen molar-refractivity contribution in [2.45, 2.75) is 19.3 Å². The van der Waals surface area contributed by atoms with Gasteiger partial charge < -0.3 is 15.1 Å². The second kappa shape index (κ2) is 7.48. The molecular formula is C24H19N3O3. The van der Waals surface area contributed by atoms with Gasteiger partial charge in [0.25, 0.3) is 11.8 Å². The molecule has 0 unspecified atom stereocenters. The fourth-order valence-corrected chi connectivity index (χ4v) is 3.90. The number of hydrogen-bond acceptors (Lipinski definition) is 4. The number of amides is 2. The van der Waals surface area contributed by atoms with Gasteiger partial charge in [-0.25, -0.2) is 0 Å². The molecule has 2 amide bonds. The van der Waals surface area contributed by atoms with Crippen molar-refractivity contribution in [1.29, 1.82) is 0 Å². The third kappa shape index (κ3) is 3.33. The Hall–Kier alpha value is -3.93. The molecule has 0 atom stereocenters. The maximum atomic E-state index is 13.2. The van der Waals surface area contributed by atoms with Crippen LogP contribution in [0.4, 0.5) is 11.4 Å². The standard InChI is InChI=1S/C24H19N3O3/c28-23(21-9-4-14-30-21)25-15-10-12-16(13-11-15)26-24(29)22-17-5-1-2-7-19(17)27-20-8-3-6-18(20)22/h1-2,4-5,7,9-14H,3,6,8H2,(H,25,28)(H,26,29). The zero-order valence-corrected chi connectivity index (χ0v) is 16.1. The monoisotopic (exact) mass is 397 g/mol. The van der Waals surface area contributed by atoms with Crippen molar-refractivity contribution in [1.82, 2.24) is 4.98 Å². The Morgan fingerprint density at radius 2 is 1.57 bits per heavy atom. The molecule has 0 fully saturated rings. The van der Waals surface area contributed by atoms with Gasteiger partial charge in [-0.2, -0.15) is 0 Å². The molecule has 2 aromatic heterocycles. The van der Waals surface area contributed by atoms with Crippen LogP contribution in [0.3, 0.4) is 0 Å². The average molecular weight is 397 g/mol. The molecule has 0 saturated carbocycles. The lowest BCUT2D eigenvalue weighted by Gasteiger charge is -2.13. The Kier molecular flexibility index (Phi) is 4.52. The van der Waals surface area contributed by atoms with E-state index in [-0.39, 0.29) is 17.6 Å². The number of carbonyl (C=O) groups is 2. The number of nitrogens with zero attached hydrogens (tertiary/aromatic N) is 1. The molecule has 1 aliphatic carbocycles. The van der Waals surface area contributed by atoms with Crippen molar-refractivity contribution in [2.24, 2.45) is 0 Å². The maximum absolute atomic E-state index is 13.2. The first-order valence-electron chi connectivity index (χ1n) is 9.86. The Bertz CT molecular complexity index is 1240. The summed E-state index contributed by atoms with van der Waals surface area (Å²) in [5, 5.41) is 6.62. The Morgan fingerprint density at radius 1 is 0.833 bits per heavy atom. The summed E-state index contributed by atoms with van der Waals surface area (Å²) in [6.45, 7) is 0. The van der Waals surface area contributed by atoms with Crippen LogP contribution in [0.25, 0.3) is 10.9 Å². The zero-order chi connectivity index (χ0) is 20.5. The molecule has 30 heavy (non-hydrogen) atoms. The molecule has 2 N–H and O–H groups in total. The summed E-state index contributed by atoms with van der Waals surface area (Å²) >= 11 is 0. The number of hydrogen-bond donors (Lipinski definition) is 2. The van der Waals surface area contributed by atoms with E-state index in [2.05, 4.69) is 10.6 Å². The molecule has 0 saturated heterocycles. The van der Waals surface area contributed by atoms with E-state index in [1.54, 1.807) is 36.4 Å². The molecule has 0 radical (unpaired) electrons. The maximum Gasteiger partial charge on any atom is 0.291 e. The zero-order valence-electron chi connectivity index (χ0n) is 16.1. The number of carbonyl (C=O) groups excluding carboxylic acids is 2. The molecule has 0 spiro atoms. The summed E-state index contributed by atoms with van der Waals surface area (Å²) in [5.41, 5.74) is 4.90. The predicted octanol–water partition coefficient (Wildman–Crippen LogP) is 4.82. The number of para-hydroxylation sites is 1. The average Bonchev–Trinajstić information content (AvgIpc) is 3.45. The first-order valence-corrected chi connectivity index (χ1v) is 9.86. The Balaban J connectivity index is 1.38. The van der Waals surface area contributed by atoms with Gasteiger partial charge in [0.2, 0.25) is 0 Å². The van der Waals surface area contributed by atoms with Gasteiger partial charge >= 0.3 is 0 Å². The van der Waals surface area contributed by atoms with E-state index in [0.29, 0.717) is 16.9 Å². The second-order valence-electron chi connectivity index (χ2n) is 7.25. The van der Waals surface area contributed by atoms with Crippen molar-refractivity contribution < 1.29 is 14.0 Å². The van der Waals surface area contributed by atoms with Crippen molar-refractivity contribution in [2.75, 3.05) is 10.6 Å². The molecule has 0 aliphatic heterocycles. The molecule has 4 aromatic rings. The lowest BCUT2D eigenvalue weighted by atomic mass is 10.0. The molecule has 2 aromatic carbocycles. The van der Waals surface area contributed by atoms with Crippen LogP contribution in [0.5, 0.6) is 0 Å². The molecule has 1 aliphatic rings. The highest BCUT2D eigenvalue weighted by molar-refractivity contribution is 6.13. The molecule has 6 heteroatoms. The van der Waals surface area contributed by atoms with E-state index < -0.39 is 0 Å². The van der Waals surface area contributed by atoms with Gasteiger partial charge in [-0.15, -0.1) is 0 Å². The van der Waals surface area contributed by atoms with Crippen molar-refractivity contribution in [3.05, 3.63) is 89.5 Å². The highest BCUT2D eigenvalue weighted by Gasteiger charge is 2.23. The van der Waals surface area contributed by atoms with Gasteiger partial charge in [0.15, 0.2) is 5.76 Å². The van der Waals surface area contributed by atoms with Crippen LogP contribution in [-0.4, -0.2) is 16.8 Å². The summed E-state index contributed by atoms with van der Waals surface area (Å²) in [6.07, 6.45) is 4.24. The normalized spacial score (nSPS) is 12.5. The summed E-state index contributed by atoms with van der Waals surface area (Å²) < 4.78 is 5.09. The Labute approximate surface area is 172 Å². The lowest BCUT2D eigenvalue weighted by Crippen LogP contribution is -2.16. The first-order chi connectivity index (χ1) is 14.7. The summed E-state index contributed by atoms with van der Waals surface area (Å²) in [5.74, 6) is -0.222. The van der Waals surface area contributed by atoms with Gasteiger partial charge in [-0.05, 0) is 67.3 Å². The van der Waals surface area contributed by atoms with Crippen LogP contribution >= 0.6 is 0 Å². The SMILES string of the molecule is O=C(Nc1ccc(NC(=O)c2c3c(nc4ccccc24)CCC3)cc1)c1ccco1. The predicted molar refractivity (Wildman–Crippen MR) is 115 cm³/mol. The van der Waals surface area contributed by atoms with Crippen LogP contribution in [0.15, 0.2) is 71.3 Å². The molecule has 5 rings (SSSR count). The van der Waals surface area contributed by atoms with Crippen LogP contribution < -0.4 is 10.6 Å². The van der Waals surface area contributed by atoms with Gasteiger partial charge in [0, 0.05) is 22.5 Å². The minimum absolute atomic E-state index is 0.140. The molecule has 6 nitrogen and oxygen atoms in total. The summed E-state index contributed by atoms with van der Waals surface area (Å²) in [7, 11) is 0. The minimum Gasteiger partial charge on any atom is -0.459 e. The Morgan fingerprint density at radius 3 is 2.30 bits per heavy atom. The fourth-order valence-electron chi connectivity index (χ4n) is 3.90. The van der Waals surface area contributed by atoms with Crippen LogP contribution in [0.1, 0.15) is 38.6 Å². The number of aromatic nitrogens is 1. The van der Waals surface area contributed by atoms with Gasteiger partial charge in [0.05, 0.1) is 17.3 Å². The molecule has 2 heterocycles. The highest BCUT2D eigenvalue weighted by Crippen LogP contribution is 2.30. The van der Waals surface area contributed by atoms with E-state index in [1.807, 2.05) is 24.3 Å². The van der Waals surface area contributed by atoms with Crippen LogP contribution in [-0.2, 0) is 12.8 Å². The van der Waals surface area contributed by atoms with Gasteiger partial charge in [-0.3, -0.25) is 14.6 Å². The number of nitrogens with one attached hydrogen (secondary N) is 2. The van der Waals surface area contributed by atoms with E-state index in [1.165, 1.54) is 6.26 Å². The van der Waals surface area contributed by atoms with Crippen LogP contribution in [0.2, 0.25) is 0 Å². The molecule has 0 bridgehead atoms. The molecular weight excluding hydrogens is 378 g/mol. The van der Waals surface area contributed by atoms with Gasteiger partial charge in [0.1, 0.15) is 0 Å². The number of fused-ring (bicyclic) bond motifs is 2. The topological polar surface area (TPSA) is 84.2 Å². The lowest BCUT2D eigenvalue weighted by molar-refractivity contribution is 0.0994. The van der Waals surface area contributed by atoms with E-state index >= 15 is 0 Å². The largest absolute Gasteiger partial charge is 0.459 e. The quantitative estimate of drug-likeness (QED) is 0.517. The second-order valence-corrected chi connectivity index (χ2v) is 7.25.